The lowest BCUT2D eigenvalue weighted by Gasteiger charge is -2.48. The van der Waals surface area contributed by atoms with E-state index in [0.717, 1.165) is 6.54 Å². The van der Waals surface area contributed by atoms with Crippen molar-refractivity contribution >= 4 is 5.91 Å². The van der Waals surface area contributed by atoms with Gasteiger partial charge in [-0.1, -0.05) is 41.5 Å². The zero-order chi connectivity index (χ0) is 12.7. The quantitative estimate of drug-likeness (QED) is 0.620. The molecular formula is C14H27NO. The molecule has 0 bridgehead atoms. The van der Waals surface area contributed by atoms with Crippen LogP contribution in [0.15, 0.2) is 0 Å². The number of carbonyl (C=O) groups is 1. The molecular weight excluding hydrogens is 198 g/mol. The fraction of sp³-hybridized carbons (Fsp3) is 0.929. The second-order valence-electron chi connectivity index (χ2n) is 7.42. The van der Waals surface area contributed by atoms with Gasteiger partial charge >= 0.3 is 0 Å². The Morgan fingerprint density at radius 2 is 1.44 bits per heavy atom. The molecule has 0 aromatic rings. The van der Waals surface area contributed by atoms with Crippen molar-refractivity contribution in [1.29, 1.82) is 0 Å². The van der Waals surface area contributed by atoms with Crippen LogP contribution in [0.3, 0.4) is 0 Å². The highest BCUT2D eigenvalue weighted by atomic mass is 16.2. The van der Waals surface area contributed by atoms with Crippen LogP contribution >= 0.6 is 0 Å². The Bertz CT molecular complexity index is 269. The van der Waals surface area contributed by atoms with Crippen LogP contribution in [0.2, 0.25) is 0 Å². The molecule has 0 aliphatic carbocycles. The van der Waals surface area contributed by atoms with Gasteiger partial charge in [-0.2, -0.15) is 0 Å². The van der Waals surface area contributed by atoms with E-state index in [-0.39, 0.29) is 10.8 Å². The van der Waals surface area contributed by atoms with Crippen LogP contribution in [0.1, 0.15) is 48.0 Å². The molecule has 0 N–H and O–H groups in total. The lowest BCUT2D eigenvalue weighted by Crippen LogP contribution is -2.50. The minimum Gasteiger partial charge on any atom is -0.345 e. The fourth-order valence-corrected chi connectivity index (χ4v) is 2.80. The topological polar surface area (TPSA) is 20.3 Å². The molecule has 0 radical (unpaired) electrons. The largest absolute Gasteiger partial charge is 0.345 e. The number of piperidine rings is 1. The molecule has 0 spiro atoms. The molecule has 1 aliphatic rings. The summed E-state index contributed by atoms with van der Waals surface area (Å²) in [5.74, 6) is 1.40. The first kappa shape index (κ1) is 13.5. The second kappa shape index (κ2) is 4.05. The zero-order valence-electron chi connectivity index (χ0n) is 11.9. The standard InChI is InChI=1S/C14H27NO/c1-13(2,3)10-8-12(16)15(7)9-11(10)14(4,5)6/h10-11H,8-9H2,1-7H3. The summed E-state index contributed by atoms with van der Waals surface area (Å²) in [6.07, 6.45) is 0.710. The molecule has 94 valence electrons. The first-order valence-corrected chi connectivity index (χ1v) is 6.27. The monoisotopic (exact) mass is 225 g/mol. The van der Waals surface area contributed by atoms with Crippen molar-refractivity contribution < 1.29 is 4.79 Å². The van der Waals surface area contributed by atoms with Gasteiger partial charge in [0.05, 0.1) is 0 Å². The summed E-state index contributed by atoms with van der Waals surface area (Å²) in [6.45, 7) is 14.6. The number of rotatable bonds is 0. The smallest absolute Gasteiger partial charge is 0.222 e. The maximum Gasteiger partial charge on any atom is 0.222 e. The van der Waals surface area contributed by atoms with Crippen molar-refractivity contribution in [3.63, 3.8) is 0 Å². The van der Waals surface area contributed by atoms with Gasteiger partial charge in [-0.05, 0) is 22.7 Å². The predicted octanol–water partition coefficient (Wildman–Crippen LogP) is 3.17. The molecule has 1 amide bonds. The van der Waals surface area contributed by atoms with E-state index in [4.69, 9.17) is 0 Å². The molecule has 1 aliphatic heterocycles. The molecule has 1 fully saturated rings. The minimum absolute atomic E-state index is 0.217. The highest BCUT2D eigenvalue weighted by Gasteiger charge is 2.43. The molecule has 2 heteroatoms. The summed E-state index contributed by atoms with van der Waals surface area (Å²) in [4.78, 5) is 13.8. The molecule has 2 nitrogen and oxygen atoms in total. The number of nitrogens with zero attached hydrogens (tertiary/aromatic N) is 1. The van der Waals surface area contributed by atoms with E-state index < -0.39 is 0 Å². The normalized spacial score (nSPS) is 28.4. The van der Waals surface area contributed by atoms with Crippen LogP contribution < -0.4 is 0 Å². The Balaban J connectivity index is 2.98. The lowest BCUT2D eigenvalue weighted by atomic mass is 9.61. The third-order valence-electron chi connectivity index (χ3n) is 4.00. The third-order valence-corrected chi connectivity index (χ3v) is 4.00. The van der Waals surface area contributed by atoms with E-state index in [1.807, 2.05) is 11.9 Å². The van der Waals surface area contributed by atoms with Gasteiger partial charge in [0, 0.05) is 20.0 Å². The van der Waals surface area contributed by atoms with E-state index in [2.05, 4.69) is 41.5 Å². The summed E-state index contributed by atoms with van der Waals surface area (Å²) in [5.41, 5.74) is 0.488. The average Bonchev–Trinajstić information content (AvgIpc) is 2.05. The van der Waals surface area contributed by atoms with Crippen LogP contribution in [-0.4, -0.2) is 24.4 Å². The third kappa shape index (κ3) is 2.78. The van der Waals surface area contributed by atoms with Crippen LogP contribution in [0.4, 0.5) is 0 Å². The van der Waals surface area contributed by atoms with E-state index in [1.54, 1.807) is 0 Å². The molecule has 0 saturated carbocycles. The summed E-state index contributed by atoms with van der Waals surface area (Å²) >= 11 is 0. The van der Waals surface area contributed by atoms with Crippen molar-refractivity contribution in [2.75, 3.05) is 13.6 Å². The highest BCUT2D eigenvalue weighted by Crippen LogP contribution is 2.45. The van der Waals surface area contributed by atoms with Gasteiger partial charge in [0.15, 0.2) is 0 Å². The van der Waals surface area contributed by atoms with Gasteiger partial charge in [0.25, 0.3) is 0 Å². The van der Waals surface area contributed by atoms with Crippen LogP contribution in [0, 0.1) is 22.7 Å². The maximum absolute atomic E-state index is 11.8. The Morgan fingerprint density at radius 3 is 1.81 bits per heavy atom. The van der Waals surface area contributed by atoms with Crippen LogP contribution in [0.5, 0.6) is 0 Å². The van der Waals surface area contributed by atoms with Crippen molar-refractivity contribution in [2.45, 2.75) is 48.0 Å². The fourth-order valence-electron chi connectivity index (χ4n) is 2.80. The van der Waals surface area contributed by atoms with Crippen molar-refractivity contribution in [3.8, 4) is 0 Å². The number of hydrogen-bond acceptors (Lipinski definition) is 1. The van der Waals surface area contributed by atoms with E-state index in [0.29, 0.717) is 24.2 Å². The Hall–Kier alpha value is -0.530. The first-order valence-electron chi connectivity index (χ1n) is 6.27. The zero-order valence-corrected chi connectivity index (χ0v) is 11.9. The molecule has 0 aromatic carbocycles. The summed E-state index contributed by atoms with van der Waals surface area (Å²) < 4.78 is 0. The second-order valence-corrected chi connectivity index (χ2v) is 7.42. The average molecular weight is 225 g/mol. The van der Waals surface area contributed by atoms with Crippen LogP contribution in [-0.2, 0) is 4.79 Å². The molecule has 2 atom stereocenters. The minimum atomic E-state index is 0.217. The van der Waals surface area contributed by atoms with Gasteiger partial charge in [-0.25, -0.2) is 0 Å². The predicted molar refractivity (Wildman–Crippen MR) is 68.1 cm³/mol. The number of hydrogen-bond donors (Lipinski definition) is 0. The van der Waals surface area contributed by atoms with E-state index in [9.17, 15) is 4.79 Å². The lowest BCUT2D eigenvalue weighted by molar-refractivity contribution is -0.140. The summed E-state index contributed by atoms with van der Waals surface area (Å²) in [5, 5.41) is 0. The summed E-state index contributed by atoms with van der Waals surface area (Å²) in [6, 6.07) is 0. The SMILES string of the molecule is CN1CC(C(C)(C)C)C(C(C)(C)C)CC1=O. The molecule has 1 rings (SSSR count). The Labute approximate surface area is 100 Å². The maximum atomic E-state index is 11.8. The summed E-state index contributed by atoms with van der Waals surface area (Å²) in [7, 11) is 1.93. The Morgan fingerprint density at radius 1 is 1.00 bits per heavy atom. The number of amides is 1. The Kier molecular flexibility index (Phi) is 3.42. The van der Waals surface area contributed by atoms with Crippen molar-refractivity contribution in [2.24, 2.45) is 22.7 Å². The van der Waals surface area contributed by atoms with E-state index in [1.165, 1.54) is 0 Å². The molecule has 1 heterocycles. The first-order chi connectivity index (χ1) is 7.03. The van der Waals surface area contributed by atoms with Gasteiger partial charge in [-0.15, -0.1) is 0 Å². The number of carbonyl (C=O) groups excluding carboxylic acids is 1. The van der Waals surface area contributed by atoms with Gasteiger partial charge < -0.3 is 4.90 Å². The van der Waals surface area contributed by atoms with E-state index >= 15 is 0 Å². The molecule has 2 unspecified atom stereocenters. The highest BCUT2D eigenvalue weighted by molar-refractivity contribution is 5.77. The van der Waals surface area contributed by atoms with Gasteiger partial charge in [0.2, 0.25) is 5.91 Å². The van der Waals surface area contributed by atoms with Crippen molar-refractivity contribution in [1.82, 2.24) is 4.90 Å². The molecule has 0 aromatic heterocycles. The van der Waals surface area contributed by atoms with Crippen LogP contribution in [0.25, 0.3) is 0 Å². The van der Waals surface area contributed by atoms with Gasteiger partial charge in [-0.3, -0.25) is 4.79 Å². The van der Waals surface area contributed by atoms with Gasteiger partial charge in [0.1, 0.15) is 0 Å². The molecule has 16 heavy (non-hydrogen) atoms. The number of likely N-dealkylation sites (tertiary alicyclic amines) is 1. The van der Waals surface area contributed by atoms with Crippen molar-refractivity contribution in [3.05, 3.63) is 0 Å². The molecule has 1 saturated heterocycles.